The van der Waals surface area contributed by atoms with Gasteiger partial charge in [-0.3, -0.25) is 9.59 Å². The molecule has 0 aromatic rings. The summed E-state index contributed by atoms with van der Waals surface area (Å²) in [5.41, 5.74) is -2.10. The number of hydrogen-bond donors (Lipinski definition) is 2. The number of aliphatic hydroxyl groups is 2. The molecular formula is C18H22I2O6. The van der Waals surface area contributed by atoms with Crippen LogP contribution in [0, 0.1) is 46.3 Å². The van der Waals surface area contributed by atoms with Crippen molar-refractivity contribution in [2.24, 2.45) is 46.3 Å². The Morgan fingerprint density at radius 2 is 1.15 bits per heavy atom. The Morgan fingerprint density at radius 1 is 0.808 bits per heavy atom. The molecule has 8 bridgehead atoms. The summed E-state index contributed by atoms with van der Waals surface area (Å²) in [5, 5.41) is 21.9. The van der Waals surface area contributed by atoms with Gasteiger partial charge in [0.15, 0.2) is 0 Å². The molecule has 6 saturated carbocycles. The summed E-state index contributed by atoms with van der Waals surface area (Å²) in [4.78, 5) is 26.9. The Morgan fingerprint density at radius 3 is 1.46 bits per heavy atom. The van der Waals surface area contributed by atoms with Gasteiger partial charge in [0.25, 0.3) is 0 Å². The molecule has 0 aromatic heterocycles. The van der Waals surface area contributed by atoms with Crippen LogP contribution in [0.5, 0.6) is 0 Å². The lowest BCUT2D eigenvalue weighted by atomic mass is 9.49. The van der Waals surface area contributed by atoms with E-state index in [2.05, 4.69) is 45.2 Å². The molecule has 0 heterocycles. The Hall–Kier alpha value is 0.320. The highest BCUT2D eigenvalue weighted by Gasteiger charge is 3.00. The predicted octanol–water partition coefficient (Wildman–Crippen LogP) is 1.18. The second kappa shape index (κ2) is 5.47. The van der Waals surface area contributed by atoms with Crippen molar-refractivity contribution in [2.45, 2.75) is 33.9 Å². The minimum atomic E-state index is -1.05. The van der Waals surface area contributed by atoms with E-state index in [1.54, 1.807) is 13.8 Å². The van der Waals surface area contributed by atoms with Crippen LogP contribution in [0.4, 0.5) is 0 Å². The quantitative estimate of drug-likeness (QED) is 0.292. The van der Waals surface area contributed by atoms with Crippen molar-refractivity contribution < 1.29 is 29.3 Å². The number of carbonyl (C=O) groups is 2. The first kappa shape index (κ1) is 18.4. The lowest BCUT2D eigenvalue weighted by Gasteiger charge is -2.56. The molecule has 6 aliphatic carbocycles. The first-order valence-electron chi connectivity index (χ1n) is 9.33. The molecule has 26 heavy (non-hydrogen) atoms. The topological polar surface area (TPSA) is 93.1 Å². The number of alkyl halides is 2. The Bertz CT molecular complexity index is 607. The van der Waals surface area contributed by atoms with Gasteiger partial charge in [-0.05, 0) is 37.5 Å². The largest absolute Gasteiger partial charge is 0.466 e. The van der Waals surface area contributed by atoms with Crippen LogP contribution in [0.25, 0.3) is 0 Å². The van der Waals surface area contributed by atoms with Gasteiger partial charge in [0.1, 0.15) is 0 Å². The van der Waals surface area contributed by atoms with Gasteiger partial charge in [0.2, 0.25) is 0 Å². The molecular weight excluding hydrogens is 566 g/mol. The predicted molar refractivity (Wildman–Crippen MR) is 107 cm³/mol. The highest BCUT2D eigenvalue weighted by atomic mass is 127. The maximum atomic E-state index is 13.4. The molecule has 0 radical (unpaired) electrons. The fraction of sp³-hybridized carbons (Fsp3) is 0.889. The van der Waals surface area contributed by atoms with E-state index in [1.165, 1.54) is 0 Å². The fourth-order valence-electron chi connectivity index (χ4n) is 8.29. The molecule has 0 spiro atoms. The van der Waals surface area contributed by atoms with Crippen molar-refractivity contribution in [2.75, 3.05) is 13.2 Å². The Kier molecular flexibility index (Phi) is 3.86. The SMILES string of the molecule is CCOC(=O)[C@]12[C@@H]3[C@@H](I)[C@H](O)[C@@H]4[C@@H]3[C@H]3[C@@H]1[C@H](O)[C@H](I)[C@@H]3[C@@]42C(=O)OCC. The van der Waals surface area contributed by atoms with Crippen molar-refractivity contribution in [3.63, 3.8) is 0 Å². The van der Waals surface area contributed by atoms with Crippen LogP contribution in [-0.4, -0.2) is 55.4 Å². The van der Waals surface area contributed by atoms with Crippen molar-refractivity contribution in [3.05, 3.63) is 0 Å². The molecule has 144 valence electrons. The maximum absolute atomic E-state index is 13.4. The zero-order valence-electron chi connectivity index (χ0n) is 14.5. The van der Waals surface area contributed by atoms with Crippen molar-refractivity contribution in [1.29, 1.82) is 0 Å². The van der Waals surface area contributed by atoms with Gasteiger partial charge in [-0.15, -0.1) is 0 Å². The smallest absolute Gasteiger partial charge is 0.313 e. The molecule has 0 amide bonds. The highest BCUT2D eigenvalue weighted by molar-refractivity contribution is 14.1. The number of rotatable bonds is 4. The summed E-state index contributed by atoms with van der Waals surface area (Å²) >= 11 is 4.47. The van der Waals surface area contributed by atoms with Crippen LogP contribution in [0.1, 0.15) is 13.8 Å². The number of hydrogen-bond acceptors (Lipinski definition) is 6. The molecule has 6 rings (SSSR count). The minimum absolute atomic E-state index is 0.0881. The van der Waals surface area contributed by atoms with Gasteiger partial charge in [-0.25, -0.2) is 0 Å². The normalized spacial score (nSPS) is 60.1. The first-order chi connectivity index (χ1) is 12.3. The molecule has 0 saturated heterocycles. The van der Waals surface area contributed by atoms with Gasteiger partial charge in [0, 0.05) is 19.7 Å². The van der Waals surface area contributed by atoms with E-state index < -0.39 is 23.0 Å². The van der Waals surface area contributed by atoms with Crippen LogP contribution in [0.2, 0.25) is 0 Å². The van der Waals surface area contributed by atoms with Crippen molar-refractivity contribution in [1.82, 2.24) is 0 Å². The molecule has 0 aliphatic heterocycles. The Labute approximate surface area is 179 Å². The summed E-state index contributed by atoms with van der Waals surface area (Å²) in [5.74, 6) is -1.35. The zero-order chi connectivity index (χ0) is 18.8. The third-order valence-corrected chi connectivity index (χ3v) is 11.2. The van der Waals surface area contributed by atoms with Crippen molar-refractivity contribution in [3.8, 4) is 0 Å². The second-order valence-electron chi connectivity index (χ2n) is 8.31. The number of halogens is 2. The summed E-state index contributed by atoms with van der Waals surface area (Å²) in [6.07, 6.45) is -1.24. The number of carbonyl (C=O) groups excluding carboxylic acids is 2. The van der Waals surface area contributed by atoms with E-state index in [0.717, 1.165) is 0 Å². The van der Waals surface area contributed by atoms with Crippen molar-refractivity contribution >= 4 is 57.1 Å². The van der Waals surface area contributed by atoms with E-state index in [1.807, 2.05) is 0 Å². The molecule has 6 nitrogen and oxygen atoms in total. The summed E-state index contributed by atoms with van der Waals surface area (Å²) in [7, 11) is 0. The average Bonchev–Trinajstić information content (AvgIpc) is 3.34. The van der Waals surface area contributed by atoms with Gasteiger partial charge < -0.3 is 19.7 Å². The van der Waals surface area contributed by atoms with E-state index in [4.69, 9.17) is 9.47 Å². The molecule has 0 aromatic carbocycles. The van der Waals surface area contributed by atoms with Gasteiger partial charge >= 0.3 is 11.9 Å². The second-order valence-corrected chi connectivity index (χ2v) is 11.2. The van der Waals surface area contributed by atoms with Crippen LogP contribution < -0.4 is 0 Å². The number of ether oxygens (including phenoxy) is 2. The van der Waals surface area contributed by atoms with Crippen LogP contribution in [0.15, 0.2) is 0 Å². The zero-order valence-corrected chi connectivity index (χ0v) is 18.8. The van der Waals surface area contributed by atoms with E-state index >= 15 is 0 Å². The fourth-order valence-corrected chi connectivity index (χ4v) is 11.3. The third-order valence-electron chi connectivity index (χ3n) is 8.19. The standard InChI is InChI=1S/C18H22I2O6/c1-3-25-15(23)17-7-5-6-8(12(20)13(21)9(6)17)18(17,16(24)26-4-2)10(5)14(22)11(7)19/h5-14,21-22H,3-4H2,1-2H3/t5-,6-,7-,8+,9+,10-,11-,12-,13-,14+,17+,18+/m1/s1. The Balaban J connectivity index is 1.78. The minimum Gasteiger partial charge on any atom is -0.466 e. The molecule has 6 fully saturated rings. The molecule has 2 N–H and O–H groups in total. The third kappa shape index (κ3) is 1.46. The lowest BCUT2D eigenvalue weighted by Crippen LogP contribution is -2.68. The number of aliphatic hydroxyl groups excluding tert-OH is 2. The summed E-state index contributed by atoms with van der Waals surface area (Å²) in [6.45, 7) is 4.01. The van der Waals surface area contributed by atoms with E-state index in [9.17, 15) is 19.8 Å². The maximum Gasteiger partial charge on any atom is 0.313 e. The highest BCUT2D eigenvalue weighted by Crippen LogP contribution is 2.93. The molecule has 12 atom stereocenters. The number of esters is 2. The molecule has 6 aliphatic rings. The van der Waals surface area contributed by atoms with Crippen LogP contribution >= 0.6 is 45.2 Å². The summed E-state index contributed by atoms with van der Waals surface area (Å²) < 4.78 is 10.8. The van der Waals surface area contributed by atoms with E-state index in [0.29, 0.717) is 0 Å². The first-order valence-corrected chi connectivity index (χ1v) is 11.8. The van der Waals surface area contributed by atoms with Gasteiger partial charge in [-0.2, -0.15) is 0 Å². The van der Waals surface area contributed by atoms with Gasteiger partial charge in [-0.1, -0.05) is 45.2 Å². The van der Waals surface area contributed by atoms with E-state index in [-0.39, 0.29) is 68.5 Å². The molecule has 0 unspecified atom stereocenters. The monoisotopic (exact) mass is 588 g/mol. The van der Waals surface area contributed by atoms with Gasteiger partial charge in [0.05, 0.1) is 36.3 Å². The van der Waals surface area contributed by atoms with Crippen LogP contribution in [0.3, 0.4) is 0 Å². The lowest BCUT2D eigenvalue weighted by molar-refractivity contribution is -0.207. The van der Waals surface area contributed by atoms with Crippen LogP contribution in [-0.2, 0) is 19.1 Å². The average molecular weight is 588 g/mol. The molecule has 8 heteroatoms. The summed E-state index contributed by atoms with van der Waals surface area (Å²) in [6, 6.07) is 0.